The largest absolute Gasteiger partial charge is 0.366 e. The number of aryl methyl sites for hydroxylation is 2. The van der Waals surface area contributed by atoms with Gasteiger partial charge in [0.1, 0.15) is 17.5 Å². The average Bonchev–Trinajstić information content (AvgIpc) is 2.53. The highest BCUT2D eigenvalue weighted by Gasteiger charge is 2.21. The van der Waals surface area contributed by atoms with Crippen molar-refractivity contribution in [3.63, 3.8) is 0 Å². The molecule has 1 aliphatic rings. The van der Waals surface area contributed by atoms with Crippen LogP contribution in [0.4, 0.5) is 5.82 Å². The summed E-state index contributed by atoms with van der Waals surface area (Å²) in [5.41, 5.74) is 1.49. The number of nitrogens with zero attached hydrogens (tertiary/aromatic N) is 3. The van der Waals surface area contributed by atoms with Crippen molar-refractivity contribution in [2.45, 2.75) is 45.6 Å². The van der Waals surface area contributed by atoms with Crippen LogP contribution in [0, 0.1) is 24.2 Å². The molecule has 2 atom stereocenters. The minimum atomic E-state index is 0.487. The maximum absolute atomic E-state index is 9.15. The minimum Gasteiger partial charge on any atom is -0.366 e. The number of hydrogen-bond acceptors (Lipinski definition) is 3. The number of aromatic nitrogens is 2. The van der Waals surface area contributed by atoms with Gasteiger partial charge in [-0.3, -0.25) is 4.68 Å². The van der Waals surface area contributed by atoms with Gasteiger partial charge in [-0.2, -0.15) is 10.4 Å². The Kier molecular flexibility index (Phi) is 3.37. The van der Waals surface area contributed by atoms with E-state index in [1.165, 1.54) is 25.7 Å². The van der Waals surface area contributed by atoms with Crippen molar-refractivity contribution in [2.75, 3.05) is 5.32 Å². The van der Waals surface area contributed by atoms with Crippen LogP contribution in [-0.4, -0.2) is 15.8 Å². The number of anilines is 1. The van der Waals surface area contributed by atoms with E-state index in [0.29, 0.717) is 11.6 Å². The molecule has 1 aliphatic carbocycles. The summed E-state index contributed by atoms with van der Waals surface area (Å²) in [5, 5.41) is 16.9. The van der Waals surface area contributed by atoms with Gasteiger partial charge in [-0.25, -0.2) is 0 Å². The third-order valence-electron chi connectivity index (χ3n) is 3.61. The summed E-state index contributed by atoms with van der Waals surface area (Å²) >= 11 is 0. The van der Waals surface area contributed by atoms with Gasteiger partial charge < -0.3 is 5.32 Å². The summed E-state index contributed by atoms with van der Waals surface area (Å²) in [5.74, 6) is 1.66. The zero-order valence-corrected chi connectivity index (χ0v) is 10.8. The first-order valence-electron chi connectivity index (χ1n) is 6.32. The molecule has 2 rings (SSSR count). The van der Waals surface area contributed by atoms with Gasteiger partial charge in [0.25, 0.3) is 0 Å². The highest BCUT2D eigenvalue weighted by molar-refractivity contribution is 5.55. The van der Waals surface area contributed by atoms with Crippen molar-refractivity contribution in [1.82, 2.24) is 9.78 Å². The fraction of sp³-hybridized carbons (Fsp3) is 0.692. The van der Waals surface area contributed by atoms with Gasteiger partial charge >= 0.3 is 0 Å². The number of nitrogens with one attached hydrogen (secondary N) is 1. The highest BCUT2D eigenvalue weighted by atomic mass is 15.3. The molecule has 17 heavy (non-hydrogen) atoms. The lowest BCUT2D eigenvalue weighted by molar-refractivity contribution is 0.357. The molecule has 1 N–H and O–H groups in total. The summed E-state index contributed by atoms with van der Waals surface area (Å²) in [6.07, 6.45) is 4.99. The van der Waals surface area contributed by atoms with E-state index in [9.17, 15) is 0 Å². The van der Waals surface area contributed by atoms with Crippen LogP contribution in [-0.2, 0) is 7.05 Å². The van der Waals surface area contributed by atoms with Gasteiger partial charge in [-0.15, -0.1) is 0 Å². The molecule has 0 saturated heterocycles. The first-order chi connectivity index (χ1) is 8.11. The monoisotopic (exact) mass is 232 g/mol. The van der Waals surface area contributed by atoms with E-state index in [2.05, 4.69) is 23.4 Å². The minimum absolute atomic E-state index is 0.487. The van der Waals surface area contributed by atoms with Gasteiger partial charge in [0, 0.05) is 13.1 Å². The van der Waals surface area contributed by atoms with Gasteiger partial charge in [0.05, 0.1) is 5.69 Å². The third-order valence-corrected chi connectivity index (χ3v) is 3.61. The van der Waals surface area contributed by atoms with Crippen LogP contribution in [0.15, 0.2) is 0 Å². The Morgan fingerprint density at radius 2 is 2.24 bits per heavy atom. The molecule has 0 aliphatic heterocycles. The van der Waals surface area contributed by atoms with Crippen LogP contribution in [0.3, 0.4) is 0 Å². The lowest BCUT2D eigenvalue weighted by atomic mass is 9.87. The molecule has 1 aromatic rings. The lowest BCUT2D eigenvalue weighted by Crippen LogP contribution is -2.27. The molecule has 4 nitrogen and oxygen atoms in total. The standard InChI is InChI=1S/C13H20N4/c1-9-5-4-6-11(7-9)15-13-12(8-14)10(2)16-17(13)3/h9,11,15H,4-7H2,1-3H3. The number of nitriles is 1. The Morgan fingerprint density at radius 3 is 2.88 bits per heavy atom. The van der Waals surface area contributed by atoms with Crippen molar-refractivity contribution >= 4 is 5.82 Å². The van der Waals surface area contributed by atoms with E-state index in [4.69, 9.17) is 5.26 Å². The normalized spacial score (nSPS) is 24.4. The molecular formula is C13H20N4. The number of hydrogen-bond donors (Lipinski definition) is 1. The number of rotatable bonds is 2. The van der Waals surface area contributed by atoms with E-state index >= 15 is 0 Å². The first kappa shape index (κ1) is 12.0. The molecule has 2 unspecified atom stereocenters. The Bertz CT molecular complexity index is 441. The van der Waals surface area contributed by atoms with Crippen LogP contribution in [0.2, 0.25) is 0 Å². The van der Waals surface area contributed by atoms with Crippen LogP contribution >= 0.6 is 0 Å². The molecule has 0 bridgehead atoms. The summed E-state index contributed by atoms with van der Waals surface area (Å²) in [7, 11) is 1.89. The van der Waals surface area contributed by atoms with Crippen LogP contribution in [0.1, 0.15) is 43.9 Å². The maximum Gasteiger partial charge on any atom is 0.142 e. The van der Waals surface area contributed by atoms with Crippen LogP contribution < -0.4 is 5.32 Å². The smallest absolute Gasteiger partial charge is 0.142 e. The average molecular weight is 232 g/mol. The summed E-state index contributed by atoms with van der Waals surface area (Å²) in [6, 6.07) is 2.73. The van der Waals surface area contributed by atoms with Crippen molar-refractivity contribution in [3.05, 3.63) is 11.3 Å². The highest BCUT2D eigenvalue weighted by Crippen LogP contribution is 2.27. The second-order valence-corrected chi connectivity index (χ2v) is 5.16. The van der Waals surface area contributed by atoms with Gasteiger partial charge in [0.15, 0.2) is 0 Å². The van der Waals surface area contributed by atoms with Gasteiger partial charge in [-0.1, -0.05) is 19.8 Å². The quantitative estimate of drug-likeness (QED) is 0.852. The summed E-state index contributed by atoms with van der Waals surface area (Å²) in [6.45, 7) is 4.18. The molecule has 0 spiro atoms. The fourth-order valence-corrected chi connectivity index (χ4v) is 2.72. The second-order valence-electron chi connectivity index (χ2n) is 5.16. The van der Waals surface area contributed by atoms with E-state index in [1.54, 1.807) is 4.68 Å². The predicted octanol–water partition coefficient (Wildman–Crippen LogP) is 2.59. The predicted molar refractivity (Wildman–Crippen MR) is 67.7 cm³/mol. The molecule has 92 valence electrons. The van der Waals surface area contributed by atoms with E-state index in [0.717, 1.165) is 17.4 Å². The Labute approximate surface area is 103 Å². The van der Waals surface area contributed by atoms with Crippen molar-refractivity contribution < 1.29 is 0 Å². The van der Waals surface area contributed by atoms with Crippen LogP contribution in [0.25, 0.3) is 0 Å². The molecule has 0 amide bonds. The molecule has 0 aromatic carbocycles. The first-order valence-corrected chi connectivity index (χ1v) is 6.32. The van der Waals surface area contributed by atoms with Crippen molar-refractivity contribution in [2.24, 2.45) is 13.0 Å². The summed E-state index contributed by atoms with van der Waals surface area (Å²) in [4.78, 5) is 0. The Balaban J connectivity index is 2.15. The molecule has 1 fully saturated rings. The van der Waals surface area contributed by atoms with Crippen molar-refractivity contribution in [1.29, 1.82) is 5.26 Å². The molecule has 1 saturated carbocycles. The fourth-order valence-electron chi connectivity index (χ4n) is 2.72. The third kappa shape index (κ3) is 2.44. The van der Waals surface area contributed by atoms with Gasteiger partial charge in [-0.05, 0) is 25.7 Å². The Morgan fingerprint density at radius 1 is 1.47 bits per heavy atom. The van der Waals surface area contributed by atoms with E-state index < -0.39 is 0 Å². The molecular weight excluding hydrogens is 212 g/mol. The molecule has 1 aromatic heterocycles. The summed E-state index contributed by atoms with van der Waals surface area (Å²) < 4.78 is 1.78. The van der Waals surface area contributed by atoms with Crippen molar-refractivity contribution in [3.8, 4) is 6.07 Å². The van der Waals surface area contributed by atoms with E-state index in [1.807, 2.05) is 14.0 Å². The molecule has 1 heterocycles. The topological polar surface area (TPSA) is 53.6 Å². The zero-order chi connectivity index (χ0) is 12.4. The molecule has 0 radical (unpaired) electrons. The Hall–Kier alpha value is -1.50. The maximum atomic E-state index is 9.15. The second kappa shape index (κ2) is 4.79. The van der Waals surface area contributed by atoms with E-state index in [-0.39, 0.29) is 0 Å². The molecule has 4 heteroatoms. The lowest BCUT2D eigenvalue weighted by Gasteiger charge is -2.28. The van der Waals surface area contributed by atoms with Gasteiger partial charge in [0.2, 0.25) is 0 Å². The SMILES string of the molecule is Cc1nn(C)c(NC2CCCC(C)C2)c1C#N. The van der Waals surface area contributed by atoms with Crippen LogP contribution in [0.5, 0.6) is 0 Å². The zero-order valence-electron chi connectivity index (χ0n) is 10.8.